The van der Waals surface area contributed by atoms with Crippen LogP contribution in [0.15, 0.2) is 22.7 Å². The van der Waals surface area contributed by atoms with Crippen LogP contribution >= 0.6 is 15.9 Å². The number of carbonyl (C=O) groups is 1. The first kappa shape index (κ1) is 17.1. The van der Waals surface area contributed by atoms with Gasteiger partial charge in [-0.05, 0) is 30.8 Å². The van der Waals surface area contributed by atoms with E-state index in [9.17, 15) is 4.79 Å². The Balaban J connectivity index is 2.47. The van der Waals surface area contributed by atoms with Crippen LogP contribution in [0.5, 0.6) is 0 Å². The lowest BCUT2D eigenvalue weighted by Gasteiger charge is -2.18. The van der Waals surface area contributed by atoms with Gasteiger partial charge in [0.1, 0.15) is 0 Å². The van der Waals surface area contributed by atoms with Crippen LogP contribution in [-0.4, -0.2) is 44.2 Å². The zero-order chi connectivity index (χ0) is 15.0. The molecule has 1 rings (SSSR count). The molecule has 0 aliphatic rings. The number of ether oxygens (including phenoxy) is 1. The molecule has 20 heavy (non-hydrogen) atoms. The summed E-state index contributed by atoms with van der Waals surface area (Å²) in [5.74, 6) is -0.313. The predicted octanol–water partition coefficient (Wildman–Crippen LogP) is 2.67. The Morgan fingerprint density at radius 3 is 2.60 bits per heavy atom. The van der Waals surface area contributed by atoms with E-state index in [1.54, 1.807) is 12.1 Å². The topological polar surface area (TPSA) is 41.6 Å². The van der Waals surface area contributed by atoms with E-state index >= 15 is 0 Å². The predicted molar refractivity (Wildman–Crippen MR) is 85.0 cm³/mol. The Hall–Kier alpha value is -0.910. The molecule has 0 saturated heterocycles. The third-order valence-corrected chi connectivity index (χ3v) is 4.03. The zero-order valence-electron chi connectivity index (χ0n) is 12.4. The normalized spacial score (nSPS) is 10.8. The van der Waals surface area contributed by atoms with Crippen molar-refractivity contribution in [3.8, 4) is 0 Å². The molecule has 5 heteroatoms. The molecule has 0 aromatic heterocycles. The molecule has 0 fully saturated rings. The van der Waals surface area contributed by atoms with Crippen molar-refractivity contribution in [2.45, 2.75) is 20.4 Å². The maximum atomic E-state index is 11.4. The average Bonchev–Trinajstić information content (AvgIpc) is 2.47. The van der Waals surface area contributed by atoms with Crippen LogP contribution in [0.25, 0.3) is 0 Å². The number of methoxy groups -OCH3 is 1. The van der Waals surface area contributed by atoms with Gasteiger partial charge in [-0.25, -0.2) is 4.79 Å². The van der Waals surface area contributed by atoms with Crippen LogP contribution < -0.4 is 5.32 Å². The Morgan fingerprint density at radius 2 is 2.05 bits per heavy atom. The van der Waals surface area contributed by atoms with E-state index in [1.807, 2.05) is 6.07 Å². The summed E-state index contributed by atoms with van der Waals surface area (Å²) in [6.07, 6.45) is 0. The fourth-order valence-electron chi connectivity index (χ4n) is 1.94. The van der Waals surface area contributed by atoms with Gasteiger partial charge in [-0.1, -0.05) is 35.8 Å². The average molecular weight is 343 g/mol. The highest BCUT2D eigenvalue weighted by atomic mass is 79.9. The minimum Gasteiger partial charge on any atom is -0.465 e. The smallest absolute Gasteiger partial charge is 0.337 e. The maximum Gasteiger partial charge on any atom is 0.337 e. The van der Waals surface area contributed by atoms with Crippen molar-refractivity contribution in [3.05, 3.63) is 33.8 Å². The Kier molecular flexibility index (Phi) is 7.80. The van der Waals surface area contributed by atoms with E-state index in [1.165, 1.54) is 7.11 Å². The summed E-state index contributed by atoms with van der Waals surface area (Å²) in [6, 6.07) is 5.53. The molecule has 0 saturated carbocycles. The van der Waals surface area contributed by atoms with E-state index in [0.717, 1.165) is 42.8 Å². The van der Waals surface area contributed by atoms with Crippen molar-refractivity contribution in [1.82, 2.24) is 10.2 Å². The van der Waals surface area contributed by atoms with Gasteiger partial charge < -0.3 is 15.0 Å². The van der Waals surface area contributed by atoms with Crippen molar-refractivity contribution in [2.75, 3.05) is 33.3 Å². The molecule has 0 aliphatic carbocycles. The molecule has 0 heterocycles. The van der Waals surface area contributed by atoms with Crippen molar-refractivity contribution in [1.29, 1.82) is 0 Å². The minimum atomic E-state index is -0.313. The molecule has 0 unspecified atom stereocenters. The van der Waals surface area contributed by atoms with Gasteiger partial charge in [0.05, 0.1) is 12.7 Å². The fourth-order valence-corrected chi connectivity index (χ4v) is 2.45. The van der Waals surface area contributed by atoms with Gasteiger partial charge in [0.15, 0.2) is 0 Å². The quantitative estimate of drug-likeness (QED) is 0.582. The molecule has 4 nitrogen and oxygen atoms in total. The summed E-state index contributed by atoms with van der Waals surface area (Å²) in [5, 5.41) is 3.42. The van der Waals surface area contributed by atoms with Gasteiger partial charge in [0, 0.05) is 24.1 Å². The second-order valence-electron chi connectivity index (χ2n) is 4.50. The largest absolute Gasteiger partial charge is 0.465 e. The van der Waals surface area contributed by atoms with Crippen LogP contribution in [0, 0.1) is 0 Å². The molecule has 0 spiro atoms. The van der Waals surface area contributed by atoms with Crippen molar-refractivity contribution in [3.63, 3.8) is 0 Å². The molecule has 0 bridgehead atoms. The highest BCUT2D eigenvalue weighted by Gasteiger charge is 2.08. The van der Waals surface area contributed by atoms with Crippen LogP contribution in [-0.2, 0) is 11.3 Å². The number of esters is 1. The summed E-state index contributed by atoms with van der Waals surface area (Å²) >= 11 is 3.49. The van der Waals surface area contributed by atoms with Gasteiger partial charge in [0.2, 0.25) is 0 Å². The molecule has 0 aliphatic heterocycles. The molecule has 1 N–H and O–H groups in total. The van der Waals surface area contributed by atoms with Crippen molar-refractivity contribution >= 4 is 21.9 Å². The highest BCUT2D eigenvalue weighted by molar-refractivity contribution is 9.10. The van der Waals surface area contributed by atoms with Gasteiger partial charge >= 0.3 is 5.97 Å². The number of hydrogen-bond acceptors (Lipinski definition) is 4. The number of halogens is 1. The van der Waals surface area contributed by atoms with Gasteiger partial charge in [-0.2, -0.15) is 0 Å². The first-order valence-electron chi connectivity index (χ1n) is 6.92. The lowest BCUT2D eigenvalue weighted by atomic mass is 10.1. The number of benzene rings is 1. The van der Waals surface area contributed by atoms with E-state index < -0.39 is 0 Å². The number of rotatable bonds is 8. The SMILES string of the molecule is CCN(CC)CCNCc1ccc(C(=O)OC)cc1Br. The van der Waals surface area contributed by atoms with Gasteiger partial charge in [-0.3, -0.25) is 0 Å². The van der Waals surface area contributed by atoms with E-state index in [4.69, 9.17) is 4.74 Å². The first-order valence-corrected chi connectivity index (χ1v) is 7.71. The van der Waals surface area contributed by atoms with E-state index in [2.05, 4.69) is 40.0 Å². The number of likely N-dealkylation sites (N-methyl/N-ethyl adjacent to an activating group) is 1. The van der Waals surface area contributed by atoms with Gasteiger partial charge in [-0.15, -0.1) is 0 Å². The standard InChI is InChI=1S/C15H23BrN2O2/c1-4-18(5-2)9-8-17-11-13-7-6-12(10-14(13)16)15(19)20-3/h6-7,10,17H,4-5,8-9,11H2,1-3H3. The molecule has 0 radical (unpaired) electrons. The van der Waals surface area contributed by atoms with E-state index in [-0.39, 0.29) is 5.97 Å². The molecular weight excluding hydrogens is 320 g/mol. The molecule has 1 aromatic rings. The fraction of sp³-hybridized carbons (Fsp3) is 0.533. The Morgan fingerprint density at radius 1 is 1.35 bits per heavy atom. The summed E-state index contributed by atoms with van der Waals surface area (Å²) in [5.41, 5.74) is 1.70. The molecule has 0 atom stereocenters. The Bertz CT molecular complexity index is 434. The number of nitrogens with one attached hydrogen (secondary N) is 1. The second-order valence-corrected chi connectivity index (χ2v) is 5.36. The van der Waals surface area contributed by atoms with Crippen LogP contribution in [0.1, 0.15) is 29.8 Å². The number of hydrogen-bond donors (Lipinski definition) is 1. The maximum absolute atomic E-state index is 11.4. The van der Waals surface area contributed by atoms with Crippen LogP contribution in [0.2, 0.25) is 0 Å². The lowest BCUT2D eigenvalue weighted by Crippen LogP contribution is -2.31. The first-order chi connectivity index (χ1) is 9.62. The third kappa shape index (κ3) is 5.23. The summed E-state index contributed by atoms with van der Waals surface area (Å²) in [7, 11) is 1.39. The van der Waals surface area contributed by atoms with Crippen LogP contribution in [0.4, 0.5) is 0 Å². The molecule has 1 aromatic carbocycles. The summed E-state index contributed by atoms with van der Waals surface area (Å²) < 4.78 is 5.63. The second kappa shape index (κ2) is 9.10. The number of carbonyl (C=O) groups excluding carboxylic acids is 1. The zero-order valence-corrected chi connectivity index (χ0v) is 14.0. The van der Waals surface area contributed by atoms with Crippen LogP contribution in [0.3, 0.4) is 0 Å². The summed E-state index contributed by atoms with van der Waals surface area (Å²) in [6.45, 7) is 9.28. The minimum absolute atomic E-state index is 0.313. The monoisotopic (exact) mass is 342 g/mol. The molecule has 0 amide bonds. The van der Waals surface area contributed by atoms with Gasteiger partial charge in [0.25, 0.3) is 0 Å². The molecule has 112 valence electrons. The van der Waals surface area contributed by atoms with Crippen molar-refractivity contribution < 1.29 is 9.53 Å². The lowest BCUT2D eigenvalue weighted by molar-refractivity contribution is 0.0600. The Labute approximate surface area is 129 Å². The van der Waals surface area contributed by atoms with Crippen molar-refractivity contribution in [2.24, 2.45) is 0 Å². The summed E-state index contributed by atoms with van der Waals surface area (Å²) in [4.78, 5) is 13.8. The third-order valence-electron chi connectivity index (χ3n) is 3.29. The highest BCUT2D eigenvalue weighted by Crippen LogP contribution is 2.19. The van der Waals surface area contributed by atoms with E-state index in [0.29, 0.717) is 5.56 Å². The number of nitrogens with zero attached hydrogens (tertiary/aromatic N) is 1. The molecular formula is C15H23BrN2O2.